The zero-order valence-corrected chi connectivity index (χ0v) is 13.9. The number of imidazole rings is 1. The number of urea groups is 1. The molecule has 2 N–H and O–H groups in total. The Kier molecular flexibility index (Phi) is 5.15. The molecule has 0 spiro atoms. The van der Waals surface area contributed by atoms with Crippen molar-refractivity contribution in [3.8, 4) is 0 Å². The Morgan fingerprint density at radius 3 is 3.00 bits per heavy atom. The van der Waals surface area contributed by atoms with Crippen LogP contribution in [-0.4, -0.2) is 44.8 Å². The number of hydrogen-bond acceptors (Lipinski definition) is 3. The van der Waals surface area contributed by atoms with Gasteiger partial charge in [-0.1, -0.05) is 31.2 Å². The average Bonchev–Trinajstić information content (AvgIpc) is 3.22. The summed E-state index contributed by atoms with van der Waals surface area (Å²) < 4.78 is 2.01. The number of nitrogens with one attached hydrogen (secondary N) is 1. The lowest BCUT2D eigenvalue weighted by Gasteiger charge is -2.25. The van der Waals surface area contributed by atoms with Crippen LogP contribution in [0.15, 0.2) is 43.0 Å². The van der Waals surface area contributed by atoms with E-state index in [0.29, 0.717) is 19.0 Å². The van der Waals surface area contributed by atoms with E-state index in [4.69, 9.17) is 0 Å². The quantitative estimate of drug-likeness (QED) is 0.880. The highest BCUT2D eigenvalue weighted by Gasteiger charge is 2.33. The fourth-order valence-electron chi connectivity index (χ4n) is 3.25. The summed E-state index contributed by atoms with van der Waals surface area (Å²) in [6, 6.07) is 8.00. The predicted molar refractivity (Wildman–Crippen MR) is 91.4 cm³/mol. The Balaban J connectivity index is 1.57. The number of aromatic nitrogens is 2. The maximum Gasteiger partial charge on any atom is 0.318 e. The molecule has 0 radical (unpaired) electrons. The molecule has 2 amide bonds. The second-order valence-corrected chi connectivity index (χ2v) is 6.42. The molecule has 2 heterocycles. The summed E-state index contributed by atoms with van der Waals surface area (Å²) in [6.45, 7) is 4.05. The van der Waals surface area contributed by atoms with Crippen molar-refractivity contribution in [3.05, 3.63) is 54.1 Å². The first-order valence-corrected chi connectivity index (χ1v) is 8.36. The van der Waals surface area contributed by atoms with Gasteiger partial charge in [0, 0.05) is 32.0 Å². The van der Waals surface area contributed by atoms with E-state index in [9.17, 15) is 9.90 Å². The number of hydrogen-bond donors (Lipinski definition) is 2. The third kappa shape index (κ3) is 3.76. The Morgan fingerprint density at radius 1 is 1.42 bits per heavy atom. The molecule has 3 rings (SSSR count). The number of aliphatic hydroxyl groups excluding tert-OH is 1. The van der Waals surface area contributed by atoms with Crippen LogP contribution < -0.4 is 5.32 Å². The minimum atomic E-state index is -0.0987. The molecule has 0 unspecified atom stereocenters. The largest absolute Gasteiger partial charge is 0.394 e. The zero-order valence-electron chi connectivity index (χ0n) is 13.9. The molecule has 0 aliphatic carbocycles. The highest BCUT2D eigenvalue weighted by molar-refractivity contribution is 5.75. The highest BCUT2D eigenvalue weighted by atomic mass is 16.3. The monoisotopic (exact) mass is 328 g/mol. The van der Waals surface area contributed by atoms with E-state index < -0.39 is 0 Å². The van der Waals surface area contributed by atoms with Crippen molar-refractivity contribution in [2.45, 2.75) is 32.5 Å². The van der Waals surface area contributed by atoms with E-state index in [1.165, 1.54) is 5.56 Å². The van der Waals surface area contributed by atoms with E-state index in [2.05, 4.69) is 29.4 Å². The summed E-state index contributed by atoms with van der Waals surface area (Å²) in [5, 5.41) is 12.4. The van der Waals surface area contributed by atoms with E-state index in [-0.39, 0.29) is 18.7 Å². The van der Waals surface area contributed by atoms with Gasteiger partial charge in [-0.2, -0.15) is 0 Å². The van der Waals surface area contributed by atoms with Gasteiger partial charge < -0.3 is 19.9 Å². The number of nitrogens with zero attached hydrogens (tertiary/aromatic N) is 3. The van der Waals surface area contributed by atoms with Gasteiger partial charge in [0.05, 0.1) is 19.0 Å². The standard InChI is InChI=1S/C18H24N4O2/c1-14-5-7-22(17(14)12-23)18(24)20-10-15-3-2-4-16(9-15)11-21-8-6-19-13-21/h2-4,6,8-9,13-14,17,23H,5,7,10-12H2,1H3,(H,20,24)/t14-,17+/m1/s1. The van der Waals surface area contributed by atoms with E-state index in [1.54, 1.807) is 17.4 Å². The first kappa shape index (κ1) is 16.5. The van der Waals surface area contributed by atoms with Crippen LogP contribution in [0.5, 0.6) is 0 Å². The minimum absolute atomic E-state index is 0.0228. The second-order valence-electron chi connectivity index (χ2n) is 6.42. The SMILES string of the molecule is C[C@@H]1CCN(C(=O)NCc2cccc(Cn3ccnc3)c2)[C@H]1CO. The third-order valence-electron chi connectivity index (χ3n) is 4.69. The fourth-order valence-corrected chi connectivity index (χ4v) is 3.25. The molecule has 6 nitrogen and oxygen atoms in total. The number of carbonyl (C=O) groups is 1. The lowest BCUT2D eigenvalue weighted by atomic mass is 10.0. The maximum atomic E-state index is 12.4. The number of rotatable bonds is 5. The van der Waals surface area contributed by atoms with Gasteiger partial charge in [0.2, 0.25) is 0 Å². The van der Waals surface area contributed by atoms with Gasteiger partial charge >= 0.3 is 6.03 Å². The van der Waals surface area contributed by atoms with Crippen LogP contribution in [0.2, 0.25) is 0 Å². The number of benzene rings is 1. The van der Waals surface area contributed by atoms with Crippen LogP contribution in [0, 0.1) is 5.92 Å². The van der Waals surface area contributed by atoms with Gasteiger partial charge in [-0.15, -0.1) is 0 Å². The maximum absolute atomic E-state index is 12.4. The predicted octanol–water partition coefficient (Wildman–Crippen LogP) is 1.84. The van der Waals surface area contributed by atoms with Crippen molar-refractivity contribution in [1.82, 2.24) is 19.8 Å². The van der Waals surface area contributed by atoms with Gasteiger partial charge in [-0.25, -0.2) is 9.78 Å². The molecule has 128 valence electrons. The normalized spacial score (nSPS) is 20.3. The molecule has 1 aromatic carbocycles. The fraction of sp³-hybridized carbons (Fsp3) is 0.444. The molecule has 0 saturated carbocycles. The number of likely N-dealkylation sites (tertiary alicyclic amines) is 1. The first-order chi connectivity index (χ1) is 11.7. The number of carbonyl (C=O) groups excluding carboxylic acids is 1. The van der Waals surface area contributed by atoms with Crippen LogP contribution in [-0.2, 0) is 13.1 Å². The molecule has 2 aromatic rings. The molecule has 1 aliphatic rings. The molecule has 1 fully saturated rings. The summed E-state index contributed by atoms with van der Waals surface area (Å²) in [7, 11) is 0. The Hall–Kier alpha value is -2.34. The Morgan fingerprint density at radius 2 is 2.25 bits per heavy atom. The van der Waals surface area contributed by atoms with Crippen LogP contribution in [0.3, 0.4) is 0 Å². The molecule has 24 heavy (non-hydrogen) atoms. The van der Waals surface area contributed by atoms with Gasteiger partial charge in [-0.05, 0) is 23.5 Å². The van der Waals surface area contributed by atoms with Crippen molar-refractivity contribution >= 4 is 6.03 Å². The molecule has 1 saturated heterocycles. The molecule has 6 heteroatoms. The van der Waals surface area contributed by atoms with Gasteiger partial charge in [0.25, 0.3) is 0 Å². The van der Waals surface area contributed by atoms with E-state index in [1.807, 2.05) is 22.9 Å². The Labute approximate surface area is 142 Å². The van der Waals surface area contributed by atoms with Crippen molar-refractivity contribution in [2.24, 2.45) is 5.92 Å². The Bertz CT molecular complexity index is 671. The molecule has 0 bridgehead atoms. The lowest BCUT2D eigenvalue weighted by molar-refractivity contribution is 0.143. The van der Waals surface area contributed by atoms with Crippen molar-refractivity contribution in [1.29, 1.82) is 0 Å². The minimum Gasteiger partial charge on any atom is -0.394 e. The lowest BCUT2D eigenvalue weighted by Crippen LogP contribution is -2.45. The molecule has 2 atom stereocenters. The van der Waals surface area contributed by atoms with E-state index >= 15 is 0 Å². The van der Waals surface area contributed by atoms with Gasteiger partial charge in [0.15, 0.2) is 0 Å². The van der Waals surface area contributed by atoms with Crippen LogP contribution >= 0.6 is 0 Å². The third-order valence-corrected chi connectivity index (χ3v) is 4.69. The summed E-state index contributed by atoms with van der Waals surface area (Å²) in [6.07, 6.45) is 6.42. The topological polar surface area (TPSA) is 70.4 Å². The smallest absolute Gasteiger partial charge is 0.318 e. The highest BCUT2D eigenvalue weighted by Crippen LogP contribution is 2.23. The van der Waals surface area contributed by atoms with E-state index in [0.717, 1.165) is 18.5 Å². The number of aliphatic hydroxyl groups is 1. The number of amides is 2. The summed E-state index contributed by atoms with van der Waals surface area (Å²) in [5.74, 6) is 0.347. The van der Waals surface area contributed by atoms with Crippen molar-refractivity contribution in [3.63, 3.8) is 0 Å². The molecular weight excluding hydrogens is 304 g/mol. The zero-order chi connectivity index (χ0) is 16.9. The molecule has 1 aromatic heterocycles. The van der Waals surface area contributed by atoms with Gasteiger partial charge in [0.1, 0.15) is 0 Å². The molecular formula is C18H24N4O2. The average molecular weight is 328 g/mol. The van der Waals surface area contributed by atoms with Crippen molar-refractivity contribution in [2.75, 3.05) is 13.2 Å². The summed E-state index contributed by atoms with van der Waals surface area (Å²) in [5.41, 5.74) is 2.23. The first-order valence-electron chi connectivity index (χ1n) is 8.36. The van der Waals surface area contributed by atoms with Crippen molar-refractivity contribution < 1.29 is 9.90 Å². The summed E-state index contributed by atoms with van der Waals surface area (Å²) >= 11 is 0. The van der Waals surface area contributed by atoms with Crippen LogP contribution in [0.25, 0.3) is 0 Å². The summed E-state index contributed by atoms with van der Waals surface area (Å²) in [4.78, 5) is 18.2. The van der Waals surface area contributed by atoms with Gasteiger partial charge in [-0.3, -0.25) is 0 Å². The van der Waals surface area contributed by atoms with Crippen LogP contribution in [0.1, 0.15) is 24.5 Å². The van der Waals surface area contributed by atoms with Crippen LogP contribution in [0.4, 0.5) is 4.79 Å². The molecule has 1 aliphatic heterocycles. The second kappa shape index (κ2) is 7.49.